The molecule has 3 aromatic rings. The topological polar surface area (TPSA) is 81.8 Å². The van der Waals surface area contributed by atoms with E-state index in [1.807, 2.05) is 33.8 Å². The average Bonchev–Trinajstić information content (AvgIpc) is 3.03. The molecule has 2 heterocycles. The van der Waals surface area contributed by atoms with E-state index in [4.69, 9.17) is 11.6 Å². The van der Waals surface area contributed by atoms with Crippen molar-refractivity contribution >= 4 is 34.2 Å². The van der Waals surface area contributed by atoms with Gasteiger partial charge in [0.15, 0.2) is 5.65 Å². The number of hydrogen-bond donors (Lipinski definition) is 1. The molecular formula is C19H22ClN5O2. The Morgan fingerprint density at radius 3 is 2.70 bits per heavy atom. The number of amides is 1. The Hall–Kier alpha value is -2.67. The van der Waals surface area contributed by atoms with Crippen LogP contribution < -0.4 is 10.9 Å². The van der Waals surface area contributed by atoms with Crippen molar-refractivity contribution in [3.05, 3.63) is 51.7 Å². The molecule has 3 rings (SSSR count). The van der Waals surface area contributed by atoms with Crippen molar-refractivity contribution < 1.29 is 4.79 Å². The molecule has 0 spiro atoms. The molecule has 0 saturated heterocycles. The summed E-state index contributed by atoms with van der Waals surface area (Å²) in [5.74, 6) is -0.202. The summed E-state index contributed by atoms with van der Waals surface area (Å²) in [6.07, 6.45) is 3.14. The second kappa shape index (κ2) is 7.15. The van der Waals surface area contributed by atoms with Gasteiger partial charge in [0.1, 0.15) is 5.39 Å². The molecule has 2 aromatic heterocycles. The summed E-state index contributed by atoms with van der Waals surface area (Å²) < 4.78 is 3.15. The first-order valence-corrected chi connectivity index (χ1v) is 9.04. The van der Waals surface area contributed by atoms with E-state index < -0.39 is 0 Å². The van der Waals surface area contributed by atoms with Gasteiger partial charge in [-0.2, -0.15) is 5.10 Å². The van der Waals surface area contributed by atoms with Crippen LogP contribution in [0.15, 0.2) is 35.5 Å². The number of benzene rings is 1. The maximum absolute atomic E-state index is 12.6. The van der Waals surface area contributed by atoms with Gasteiger partial charge in [-0.25, -0.2) is 9.67 Å². The van der Waals surface area contributed by atoms with Gasteiger partial charge in [0.25, 0.3) is 5.56 Å². The van der Waals surface area contributed by atoms with Gasteiger partial charge in [0.2, 0.25) is 5.91 Å². The zero-order chi connectivity index (χ0) is 19.8. The van der Waals surface area contributed by atoms with Gasteiger partial charge in [-0.1, -0.05) is 17.7 Å². The second-order valence-electron chi connectivity index (χ2n) is 7.47. The van der Waals surface area contributed by atoms with Crippen molar-refractivity contribution in [1.82, 2.24) is 19.3 Å². The zero-order valence-electron chi connectivity index (χ0n) is 15.8. The first-order valence-electron chi connectivity index (χ1n) is 8.66. The third kappa shape index (κ3) is 4.03. The van der Waals surface area contributed by atoms with E-state index in [2.05, 4.69) is 15.4 Å². The molecule has 0 aliphatic heterocycles. The molecule has 0 atom stereocenters. The number of nitrogens with one attached hydrogen (secondary N) is 1. The van der Waals surface area contributed by atoms with Gasteiger partial charge in [-0.05, 0) is 45.4 Å². The van der Waals surface area contributed by atoms with E-state index >= 15 is 0 Å². The lowest BCUT2D eigenvalue weighted by Crippen LogP contribution is -2.26. The Balaban J connectivity index is 1.73. The smallest absolute Gasteiger partial charge is 0.264 e. The number of aryl methyl sites for hydroxylation is 2. The van der Waals surface area contributed by atoms with Crippen LogP contribution >= 0.6 is 11.6 Å². The average molecular weight is 388 g/mol. The number of aromatic nitrogens is 4. The van der Waals surface area contributed by atoms with E-state index in [-0.39, 0.29) is 30.0 Å². The first-order chi connectivity index (χ1) is 12.7. The van der Waals surface area contributed by atoms with Crippen LogP contribution in [0.25, 0.3) is 11.0 Å². The molecule has 0 bridgehead atoms. The zero-order valence-corrected chi connectivity index (χ0v) is 16.5. The highest BCUT2D eigenvalue weighted by molar-refractivity contribution is 6.31. The Labute approximate surface area is 162 Å². The fourth-order valence-electron chi connectivity index (χ4n) is 2.71. The number of halogens is 1. The van der Waals surface area contributed by atoms with Crippen LogP contribution in [0, 0.1) is 6.92 Å². The SMILES string of the molecule is Cc1ccc(NC(=O)CCn2cnc3c(cnn3C(C)(C)C)c2=O)cc1Cl. The standard InChI is InChI=1S/C19H22ClN5O2/c1-12-5-6-13(9-15(12)20)23-16(26)7-8-24-11-21-17-14(18(24)27)10-22-25(17)19(2,3)4/h5-6,9-11H,7-8H2,1-4H3,(H,23,26). The second-order valence-corrected chi connectivity index (χ2v) is 7.88. The normalized spacial score (nSPS) is 11.7. The van der Waals surface area contributed by atoms with E-state index in [0.717, 1.165) is 5.56 Å². The predicted molar refractivity (Wildman–Crippen MR) is 106 cm³/mol. The molecule has 0 fully saturated rings. The Morgan fingerprint density at radius 2 is 2.04 bits per heavy atom. The Bertz CT molecular complexity index is 1060. The molecule has 0 saturated carbocycles. The molecule has 0 aliphatic rings. The summed E-state index contributed by atoms with van der Waals surface area (Å²) in [4.78, 5) is 29.2. The fourth-order valence-corrected chi connectivity index (χ4v) is 2.90. The van der Waals surface area contributed by atoms with Crippen LogP contribution in [0.4, 0.5) is 5.69 Å². The molecule has 1 amide bonds. The molecule has 1 aromatic carbocycles. The molecule has 27 heavy (non-hydrogen) atoms. The highest BCUT2D eigenvalue weighted by Gasteiger charge is 2.19. The molecule has 8 heteroatoms. The number of hydrogen-bond acceptors (Lipinski definition) is 4. The van der Waals surface area contributed by atoms with Crippen molar-refractivity contribution in [2.45, 2.75) is 46.2 Å². The third-order valence-electron chi connectivity index (χ3n) is 4.23. The van der Waals surface area contributed by atoms with Crippen LogP contribution in [0.1, 0.15) is 32.8 Å². The Morgan fingerprint density at radius 1 is 1.30 bits per heavy atom. The summed E-state index contributed by atoms with van der Waals surface area (Å²) >= 11 is 6.07. The summed E-state index contributed by atoms with van der Waals surface area (Å²) in [5.41, 5.74) is 1.63. The maximum Gasteiger partial charge on any atom is 0.264 e. The Kier molecular flexibility index (Phi) is 5.06. The van der Waals surface area contributed by atoms with E-state index in [0.29, 0.717) is 21.7 Å². The number of nitrogens with zero attached hydrogens (tertiary/aromatic N) is 4. The van der Waals surface area contributed by atoms with Crippen LogP contribution in [0.5, 0.6) is 0 Å². The number of carbonyl (C=O) groups is 1. The van der Waals surface area contributed by atoms with Gasteiger partial charge in [0, 0.05) is 23.7 Å². The quantitative estimate of drug-likeness (QED) is 0.744. The lowest BCUT2D eigenvalue weighted by atomic mass is 10.1. The summed E-state index contributed by atoms with van der Waals surface area (Å²) in [7, 11) is 0. The minimum Gasteiger partial charge on any atom is -0.326 e. The minimum atomic E-state index is -0.275. The number of rotatable bonds is 4. The molecule has 0 aliphatic carbocycles. The van der Waals surface area contributed by atoms with Crippen LogP contribution in [0.2, 0.25) is 5.02 Å². The van der Waals surface area contributed by atoms with Crippen molar-refractivity contribution in [3.8, 4) is 0 Å². The summed E-state index contributed by atoms with van der Waals surface area (Å²) in [6.45, 7) is 8.11. The monoisotopic (exact) mass is 387 g/mol. The van der Waals surface area contributed by atoms with Crippen molar-refractivity contribution in [3.63, 3.8) is 0 Å². The molecule has 0 radical (unpaired) electrons. The molecule has 142 valence electrons. The minimum absolute atomic E-state index is 0.145. The van der Waals surface area contributed by atoms with Crippen LogP contribution in [0.3, 0.4) is 0 Å². The van der Waals surface area contributed by atoms with Gasteiger partial charge in [-0.15, -0.1) is 0 Å². The summed E-state index contributed by atoms with van der Waals surface area (Å²) in [6, 6.07) is 5.34. The highest BCUT2D eigenvalue weighted by Crippen LogP contribution is 2.20. The number of fused-ring (bicyclic) bond motifs is 1. The van der Waals surface area contributed by atoms with Crippen molar-refractivity contribution in [2.75, 3.05) is 5.32 Å². The van der Waals surface area contributed by atoms with E-state index in [1.54, 1.807) is 16.8 Å². The van der Waals surface area contributed by atoms with E-state index in [1.165, 1.54) is 17.1 Å². The van der Waals surface area contributed by atoms with Crippen LogP contribution in [-0.2, 0) is 16.9 Å². The van der Waals surface area contributed by atoms with Crippen LogP contribution in [-0.4, -0.2) is 25.2 Å². The number of carbonyl (C=O) groups excluding carboxylic acids is 1. The first kappa shape index (κ1) is 19.1. The predicted octanol–water partition coefficient (Wildman–Crippen LogP) is 3.34. The van der Waals surface area contributed by atoms with Gasteiger partial charge >= 0.3 is 0 Å². The molecule has 7 nitrogen and oxygen atoms in total. The largest absolute Gasteiger partial charge is 0.326 e. The number of anilines is 1. The van der Waals surface area contributed by atoms with Gasteiger partial charge < -0.3 is 5.32 Å². The lowest BCUT2D eigenvalue weighted by molar-refractivity contribution is -0.116. The van der Waals surface area contributed by atoms with E-state index in [9.17, 15) is 9.59 Å². The van der Waals surface area contributed by atoms with Gasteiger partial charge in [0.05, 0.1) is 18.1 Å². The molecule has 1 N–H and O–H groups in total. The molecule has 0 unspecified atom stereocenters. The highest BCUT2D eigenvalue weighted by atomic mass is 35.5. The summed E-state index contributed by atoms with van der Waals surface area (Å²) in [5, 5.41) is 8.10. The third-order valence-corrected chi connectivity index (χ3v) is 4.63. The van der Waals surface area contributed by atoms with Crippen molar-refractivity contribution in [2.24, 2.45) is 0 Å². The fraction of sp³-hybridized carbons (Fsp3) is 0.368. The lowest BCUT2D eigenvalue weighted by Gasteiger charge is -2.19. The maximum atomic E-state index is 12.6. The van der Waals surface area contributed by atoms with Crippen molar-refractivity contribution in [1.29, 1.82) is 0 Å². The van der Waals surface area contributed by atoms with Gasteiger partial charge in [-0.3, -0.25) is 14.2 Å². The molecular weight excluding hydrogens is 366 g/mol.